The molecule has 4 heteroatoms. The number of thiocyanates is 1. The first-order valence-electron chi connectivity index (χ1n) is 7.20. The van der Waals surface area contributed by atoms with E-state index >= 15 is 0 Å². The van der Waals surface area contributed by atoms with Crippen molar-refractivity contribution in [3.05, 3.63) is 24.3 Å². The number of nitrogens with zero attached hydrogens (tertiary/aromatic N) is 3. The molecular formula is C15H23N3S. The van der Waals surface area contributed by atoms with Gasteiger partial charge in [0, 0.05) is 24.6 Å². The fourth-order valence-corrected chi connectivity index (χ4v) is 2.46. The Bertz CT molecular complexity index is 348. The molecule has 0 saturated heterocycles. The minimum atomic E-state index is 0.970. The highest BCUT2D eigenvalue weighted by atomic mass is 32.2. The summed E-state index contributed by atoms with van der Waals surface area (Å²) in [6, 6.07) is 1.86. The van der Waals surface area contributed by atoms with E-state index in [4.69, 9.17) is 5.26 Å². The average Bonchev–Trinajstić information content (AvgIpc) is 2.46. The van der Waals surface area contributed by atoms with E-state index in [0.29, 0.717) is 0 Å². The van der Waals surface area contributed by atoms with Crippen LogP contribution in [0.2, 0.25) is 0 Å². The number of hydrogen-bond acceptors (Lipinski definition) is 4. The normalized spacial score (nSPS) is 10.3. The maximum absolute atomic E-state index is 8.38. The van der Waals surface area contributed by atoms with Gasteiger partial charge in [-0.1, -0.05) is 38.5 Å². The fourth-order valence-electron chi connectivity index (χ4n) is 2.02. The monoisotopic (exact) mass is 277 g/mol. The Balaban J connectivity index is 1.80. The molecule has 0 N–H and O–H groups in total. The van der Waals surface area contributed by atoms with E-state index in [1.807, 2.05) is 18.5 Å². The SMILES string of the molecule is N#CSCCCCCCCCCCc1ncccn1. The van der Waals surface area contributed by atoms with Crippen molar-refractivity contribution < 1.29 is 0 Å². The van der Waals surface area contributed by atoms with Gasteiger partial charge in [0.1, 0.15) is 11.2 Å². The van der Waals surface area contributed by atoms with Gasteiger partial charge in [0.25, 0.3) is 0 Å². The molecule has 1 aromatic heterocycles. The molecule has 0 aliphatic rings. The average molecular weight is 277 g/mol. The third-order valence-corrected chi connectivity index (χ3v) is 3.70. The molecule has 0 atom stereocenters. The van der Waals surface area contributed by atoms with E-state index in [0.717, 1.165) is 18.0 Å². The van der Waals surface area contributed by atoms with Crippen molar-refractivity contribution in [2.24, 2.45) is 0 Å². The summed E-state index contributed by atoms with van der Waals surface area (Å²) in [7, 11) is 0. The van der Waals surface area contributed by atoms with Crippen LogP contribution in [-0.4, -0.2) is 15.7 Å². The lowest BCUT2D eigenvalue weighted by atomic mass is 10.1. The molecule has 0 fully saturated rings. The molecule has 0 saturated carbocycles. The van der Waals surface area contributed by atoms with Crippen molar-refractivity contribution in [3.63, 3.8) is 0 Å². The number of hydrogen-bond donors (Lipinski definition) is 0. The number of rotatable bonds is 11. The van der Waals surface area contributed by atoms with Crippen LogP contribution in [0.15, 0.2) is 18.5 Å². The zero-order valence-corrected chi connectivity index (χ0v) is 12.4. The number of aromatic nitrogens is 2. The molecule has 0 aliphatic heterocycles. The first kappa shape index (κ1) is 16.0. The first-order valence-corrected chi connectivity index (χ1v) is 8.19. The van der Waals surface area contributed by atoms with E-state index in [-0.39, 0.29) is 0 Å². The molecule has 1 rings (SSSR count). The number of aryl methyl sites for hydroxylation is 1. The van der Waals surface area contributed by atoms with Crippen LogP contribution < -0.4 is 0 Å². The van der Waals surface area contributed by atoms with E-state index in [1.165, 1.54) is 63.1 Å². The van der Waals surface area contributed by atoms with E-state index in [9.17, 15) is 0 Å². The van der Waals surface area contributed by atoms with Gasteiger partial charge in [-0.15, -0.1) is 0 Å². The van der Waals surface area contributed by atoms with Crippen molar-refractivity contribution in [1.82, 2.24) is 9.97 Å². The summed E-state index contributed by atoms with van der Waals surface area (Å²) in [5.74, 6) is 1.96. The summed E-state index contributed by atoms with van der Waals surface area (Å²) >= 11 is 1.37. The molecule has 0 radical (unpaired) electrons. The third kappa shape index (κ3) is 9.49. The van der Waals surface area contributed by atoms with Crippen molar-refractivity contribution in [1.29, 1.82) is 5.26 Å². The van der Waals surface area contributed by atoms with E-state index in [2.05, 4.69) is 15.4 Å². The highest BCUT2D eigenvalue weighted by Gasteiger charge is 1.96. The Morgan fingerprint density at radius 2 is 1.47 bits per heavy atom. The Labute approximate surface area is 120 Å². The molecule has 19 heavy (non-hydrogen) atoms. The Hall–Kier alpha value is -1.08. The lowest BCUT2D eigenvalue weighted by Crippen LogP contribution is -1.93. The lowest BCUT2D eigenvalue weighted by Gasteiger charge is -2.01. The number of thioether (sulfide) groups is 1. The van der Waals surface area contributed by atoms with Crippen molar-refractivity contribution in [2.75, 3.05) is 5.75 Å². The summed E-state index contributed by atoms with van der Waals surface area (Å²) in [6.07, 6.45) is 14.9. The molecule has 0 bridgehead atoms. The van der Waals surface area contributed by atoms with Gasteiger partial charge in [0.05, 0.1) is 0 Å². The van der Waals surface area contributed by atoms with E-state index < -0.39 is 0 Å². The van der Waals surface area contributed by atoms with Gasteiger partial charge in [0.2, 0.25) is 0 Å². The molecular weight excluding hydrogens is 254 g/mol. The van der Waals surface area contributed by atoms with Gasteiger partial charge in [-0.2, -0.15) is 5.26 Å². The predicted octanol–water partition coefficient (Wildman–Crippen LogP) is 4.35. The molecule has 0 unspecified atom stereocenters. The molecule has 104 valence electrons. The van der Waals surface area contributed by atoms with Crippen LogP contribution in [0.25, 0.3) is 0 Å². The molecule has 3 nitrogen and oxygen atoms in total. The van der Waals surface area contributed by atoms with Crippen LogP contribution in [-0.2, 0) is 6.42 Å². The standard InChI is InChI=1S/C15H23N3S/c16-14-19-13-8-6-4-2-1-3-5-7-10-15-17-11-9-12-18-15/h9,11-12H,1-8,10,13H2. The zero-order chi connectivity index (χ0) is 13.6. The Morgan fingerprint density at radius 1 is 0.895 bits per heavy atom. The predicted molar refractivity (Wildman–Crippen MR) is 80.7 cm³/mol. The van der Waals surface area contributed by atoms with Crippen molar-refractivity contribution in [2.45, 2.75) is 57.8 Å². The summed E-state index contributed by atoms with van der Waals surface area (Å²) in [5, 5.41) is 10.5. The van der Waals surface area contributed by atoms with Gasteiger partial charge < -0.3 is 0 Å². The molecule has 1 heterocycles. The zero-order valence-electron chi connectivity index (χ0n) is 11.6. The fraction of sp³-hybridized carbons (Fsp3) is 0.667. The summed E-state index contributed by atoms with van der Waals surface area (Å²) in [4.78, 5) is 8.45. The quantitative estimate of drug-likeness (QED) is 0.445. The summed E-state index contributed by atoms with van der Waals surface area (Å²) in [6.45, 7) is 0. The van der Waals surface area contributed by atoms with Gasteiger partial charge in [-0.25, -0.2) is 9.97 Å². The topological polar surface area (TPSA) is 49.6 Å². The van der Waals surface area contributed by atoms with Crippen LogP contribution in [0.1, 0.15) is 57.2 Å². The second-order valence-corrected chi connectivity index (χ2v) is 5.56. The smallest absolute Gasteiger partial charge is 0.133 e. The van der Waals surface area contributed by atoms with Crippen molar-refractivity contribution >= 4 is 11.8 Å². The van der Waals surface area contributed by atoms with Gasteiger partial charge in [-0.3, -0.25) is 0 Å². The van der Waals surface area contributed by atoms with Crippen LogP contribution in [0.3, 0.4) is 0 Å². The molecule has 0 amide bonds. The highest BCUT2D eigenvalue weighted by molar-refractivity contribution is 8.03. The van der Waals surface area contributed by atoms with Gasteiger partial charge >= 0.3 is 0 Å². The molecule has 0 spiro atoms. The van der Waals surface area contributed by atoms with Crippen LogP contribution in [0, 0.1) is 10.7 Å². The number of unbranched alkanes of at least 4 members (excludes halogenated alkanes) is 7. The minimum Gasteiger partial charge on any atom is -0.241 e. The summed E-state index contributed by atoms with van der Waals surface area (Å²) < 4.78 is 0. The highest BCUT2D eigenvalue weighted by Crippen LogP contribution is 2.11. The van der Waals surface area contributed by atoms with Gasteiger partial charge in [0.15, 0.2) is 0 Å². The van der Waals surface area contributed by atoms with Crippen molar-refractivity contribution in [3.8, 4) is 5.40 Å². The first-order chi connectivity index (χ1) is 9.43. The van der Waals surface area contributed by atoms with Gasteiger partial charge in [-0.05, 0) is 30.7 Å². The summed E-state index contributed by atoms with van der Waals surface area (Å²) in [5.41, 5.74) is 0. The van der Waals surface area contributed by atoms with E-state index in [1.54, 1.807) is 0 Å². The van der Waals surface area contributed by atoms with Crippen LogP contribution in [0.4, 0.5) is 0 Å². The van der Waals surface area contributed by atoms with Crippen LogP contribution in [0.5, 0.6) is 0 Å². The third-order valence-electron chi connectivity index (χ3n) is 3.08. The Morgan fingerprint density at radius 3 is 2.11 bits per heavy atom. The second kappa shape index (κ2) is 12.0. The maximum atomic E-state index is 8.38. The molecule has 0 aromatic carbocycles. The molecule has 0 aliphatic carbocycles. The second-order valence-electron chi connectivity index (χ2n) is 4.68. The lowest BCUT2D eigenvalue weighted by molar-refractivity contribution is 0.573. The molecule has 1 aromatic rings. The minimum absolute atomic E-state index is 0.970. The largest absolute Gasteiger partial charge is 0.241 e. The Kier molecular flexibility index (Phi) is 10.1. The maximum Gasteiger partial charge on any atom is 0.133 e. The van der Waals surface area contributed by atoms with Crippen LogP contribution >= 0.6 is 11.8 Å². The number of nitriles is 1.